The minimum atomic E-state index is -0.423. The molecule has 4 nitrogen and oxygen atoms in total. The van der Waals surface area contributed by atoms with Gasteiger partial charge in [0.2, 0.25) is 0 Å². The largest absolute Gasteiger partial charge is 0.484 e. The number of benzene rings is 2. The van der Waals surface area contributed by atoms with Crippen LogP contribution in [0.25, 0.3) is 0 Å². The van der Waals surface area contributed by atoms with Gasteiger partial charge in [-0.1, -0.05) is 6.07 Å². The van der Waals surface area contributed by atoms with E-state index in [4.69, 9.17) is 4.74 Å². The smallest absolute Gasteiger partial charge is 0.262 e. The standard InChI is InChI=1S/C15H12FNO3/c16-12-2-1-3-13(8-12)17-15(19)10-20-14-6-4-11(9-18)5-7-14/h1-9H,10H2,(H,17,19). The Bertz CT molecular complexity index is 611. The number of aldehydes is 1. The minimum absolute atomic E-state index is 0.197. The average Bonchev–Trinajstić information content (AvgIpc) is 2.46. The molecule has 2 aromatic rings. The van der Waals surface area contributed by atoms with Crippen molar-refractivity contribution in [3.8, 4) is 5.75 Å². The minimum Gasteiger partial charge on any atom is -0.484 e. The molecule has 0 saturated carbocycles. The van der Waals surface area contributed by atoms with E-state index in [1.165, 1.54) is 18.2 Å². The molecule has 0 fully saturated rings. The fraction of sp³-hybridized carbons (Fsp3) is 0.0667. The molecule has 0 aliphatic heterocycles. The molecule has 102 valence electrons. The van der Waals surface area contributed by atoms with Gasteiger partial charge in [0.05, 0.1) is 0 Å². The van der Waals surface area contributed by atoms with Crippen molar-refractivity contribution in [1.82, 2.24) is 0 Å². The first-order valence-electron chi connectivity index (χ1n) is 5.91. The molecule has 0 aliphatic carbocycles. The molecule has 0 radical (unpaired) electrons. The van der Waals surface area contributed by atoms with Gasteiger partial charge >= 0.3 is 0 Å². The number of anilines is 1. The predicted molar refractivity (Wildman–Crippen MR) is 72.4 cm³/mol. The summed E-state index contributed by atoms with van der Waals surface area (Å²) in [5, 5.41) is 2.52. The molecular weight excluding hydrogens is 261 g/mol. The second-order valence-corrected chi connectivity index (χ2v) is 4.03. The molecule has 0 heterocycles. The quantitative estimate of drug-likeness (QED) is 0.852. The van der Waals surface area contributed by atoms with Crippen molar-refractivity contribution >= 4 is 17.9 Å². The zero-order chi connectivity index (χ0) is 14.4. The Morgan fingerprint density at radius 3 is 2.60 bits per heavy atom. The number of nitrogens with one attached hydrogen (secondary N) is 1. The molecule has 0 spiro atoms. The molecular formula is C15H12FNO3. The van der Waals surface area contributed by atoms with Crippen molar-refractivity contribution < 1.29 is 18.7 Å². The van der Waals surface area contributed by atoms with Gasteiger partial charge < -0.3 is 10.1 Å². The molecule has 2 aromatic carbocycles. The number of ether oxygens (including phenoxy) is 1. The molecule has 0 aromatic heterocycles. The van der Waals surface area contributed by atoms with Crippen molar-refractivity contribution in [2.45, 2.75) is 0 Å². The summed E-state index contributed by atoms with van der Waals surface area (Å²) in [4.78, 5) is 22.1. The van der Waals surface area contributed by atoms with Crippen molar-refractivity contribution in [2.24, 2.45) is 0 Å². The molecule has 1 N–H and O–H groups in total. The topological polar surface area (TPSA) is 55.4 Å². The number of hydrogen-bond acceptors (Lipinski definition) is 3. The fourth-order valence-electron chi connectivity index (χ4n) is 1.55. The molecule has 0 unspecified atom stereocenters. The lowest BCUT2D eigenvalue weighted by molar-refractivity contribution is -0.118. The van der Waals surface area contributed by atoms with Crippen LogP contribution in [-0.2, 0) is 4.79 Å². The summed E-state index contributed by atoms with van der Waals surface area (Å²) in [5.41, 5.74) is 0.900. The van der Waals surface area contributed by atoms with Gasteiger partial charge in [-0.3, -0.25) is 9.59 Å². The van der Waals surface area contributed by atoms with Gasteiger partial charge in [-0.15, -0.1) is 0 Å². The van der Waals surface area contributed by atoms with Crippen LogP contribution < -0.4 is 10.1 Å². The van der Waals surface area contributed by atoms with Crippen molar-refractivity contribution in [1.29, 1.82) is 0 Å². The molecule has 1 amide bonds. The summed E-state index contributed by atoms with van der Waals surface area (Å²) < 4.78 is 18.2. The van der Waals surface area contributed by atoms with E-state index >= 15 is 0 Å². The Balaban J connectivity index is 1.87. The SMILES string of the molecule is O=Cc1ccc(OCC(=O)Nc2cccc(F)c2)cc1. The van der Waals surface area contributed by atoms with Gasteiger partial charge in [-0.05, 0) is 42.5 Å². The second kappa shape index (κ2) is 6.47. The summed E-state index contributed by atoms with van der Waals surface area (Å²) in [7, 11) is 0. The maximum atomic E-state index is 12.9. The van der Waals surface area contributed by atoms with Gasteiger partial charge in [0.15, 0.2) is 6.61 Å². The van der Waals surface area contributed by atoms with Crippen LogP contribution in [0, 0.1) is 5.82 Å². The first-order valence-corrected chi connectivity index (χ1v) is 5.91. The first-order chi connectivity index (χ1) is 9.67. The summed E-state index contributed by atoms with van der Waals surface area (Å²) in [5.74, 6) is -0.340. The summed E-state index contributed by atoms with van der Waals surface area (Å²) in [6.07, 6.45) is 0.723. The van der Waals surface area contributed by atoms with E-state index in [0.717, 1.165) is 6.29 Å². The summed E-state index contributed by atoms with van der Waals surface area (Å²) in [6, 6.07) is 12.0. The Morgan fingerprint density at radius 1 is 1.20 bits per heavy atom. The third kappa shape index (κ3) is 3.91. The number of amides is 1. The van der Waals surface area contributed by atoms with Crippen molar-refractivity contribution in [2.75, 3.05) is 11.9 Å². The van der Waals surface area contributed by atoms with Crippen LogP contribution in [-0.4, -0.2) is 18.8 Å². The monoisotopic (exact) mass is 273 g/mol. The summed E-state index contributed by atoms with van der Waals surface area (Å²) >= 11 is 0. The lowest BCUT2D eigenvalue weighted by Gasteiger charge is -2.07. The van der Waals surface area contributed by atoms with Crippen LogP contribution in [0.2, 0.25) is 0 Å². The zero-order valence-electron chi connectivity index (χ0n) is 10.5. The third-order valence-corrected chi connectivity index (χ3v) is 2.49. The number of carbonyl (C=O) groups excluding carboxylic acids is 2. The number of hydrogen-bond donors (Lipinski definition) is 1. The molecule has 0 saturated heterocycles. The van der Waals surface area contributed by atoms with Crippen molar-refractivity contribution in [3.05, 3.63) is 59.9 Å². The molecule has 0 aliphatic rings. The van der Waals surface area contributed by atoms with E-state index in [2.05, 4.69) is 5.32 Å². The Labute approximate surface area is 115 Å². The fourth-order valence-corrected chi connectivity index (χ4v) is 1.55. The molecule has 0 bridgehead atoms. The number of carbonyl (C=O) groups is 2. The maximum Gasteiger partial charge on any atom is 0.262 e. The van der Waals surface area contributed by atoms with E-state index in [-0.39, 0.29) is 6.61 Å². The third-order valence-electron chi connectivity index (χ3n) is 2.49. The molecule has 5 heteroatoms. The lowest BCUT2D eigenvalue weighted by Crippen LogP contribution is -2.20. The highest BCUT2D eigenvalue weighted by Crippen LogP contribution is 2.12. The Morgan fingerprint density at radius 2 is 1.95 bits per heavy atom. The molecule has 0 atom stereocenters. The van der Waals surface area contributed by atoms with E-state index < -0.39 is 11.7 Å². The van der Waals surface area contributed by atoms with Crippen LogP contribution in [0.1, 0.15) is 10.4 Å². The number of halogens is 1. The van der Waals surface area contributed by atoms with Crippen LogP contribution in [0.5, 0.6) is 5.75 Å². The van der Waals surface area contributed by atoms with Gasteiger partial charge in [0.25, 0.3) is 5.91 Å². The highest BCUT2D eigenvalue weighted by molar-refractivity contribution is 5.91. The summed E-state index contributed by atoms with van der Waals surface area (Å²) in [6.45, 7) is -0.197. The lowest BCUT2D eigenvalue weighted by atomic mass is 10.2. The first kappa shape index (κ1) is 13.7. The Kier molecular flexibility index (Phi) is 4.44. The van der Waals surface area contributed by atoms with E-state index in [0.29, 0.717) is 17.0 Å². The van der Waals surface area contributed by atoms with E-state index in [1.54, 1.807) is 30.3 Å². The molecule has 2 rings (SSSR count). The van der Waals surface area contributed by atoms with Gasteiger partial charge in [-0.2, -0.15) is 0 Å². The Hall–Kier alpha value is -2.69. The van der Waals surface area contributed by atoms with Gasteiger partial charge in [0, 0.05) is 11.3 Å². The zero-order valence-corrected chi connectivity index (χ0v) is 10.5. The van der Waals surface area contributed by atoms with Crippen LogP contribution >= 0.6 is 0 Å². The van der Waals surface area contributed by atoms with E-state index in [1.807, 2.05) is 0 Å². The van der Waals surface area contributed by atoms with Gasteiger partial charge in [0.1, 0.15) is 17.9 Å². The van der Waals surface area contributed by atoms with Crippen LogP contribution in [0.3, 0.4) is 0 Å². The second-order valence-electron chi connectivity index (χ2n) is 4.03. The van der Waals surface area contributed by atoms with Gasteiger partial charge in [-0.25, -0.2) is 4.39 Å². The van der Waals surface area contributed by atoms with E-state index in [9.17, 15) is 14.0 Å². The average molecular weight is 273 g/mol. The highest BCUT2D eigenvalue weighted by atomic mass is 19.1. The highest BCUT2D eigenvalue weighted by Gasteiger charge is 2.04. The van der Waals surface area contributed by atoms with Crippen LogP contribution in [0.4, 0.5) is 10.1 Å². The molecule has 20 heavy (non-hydrogen) atoms. The maximum absolute atomic E-state index is 12.9. The van der Waals surface area contributed by atoms with Crippen LogP contribution in [0.15, 0.2) is 48.5 Å². The van der Waals surface area contributed by atoms with Crippen molar-refractivity contribution in [3.63, 3.8) is 0 Å². The normalized spacial score (nSPS) is 9.85. The predicted octanol–water partition coefficient (Wildman–Crippen LogP) is 2.66. The number of rotatable bonds is 5.